The molecule has 1 saturated heterocycles. The summed E-state index contributed by atoms with van der Waals surface area (Å²) in [6.07, 6.45) is -4.15. The van der Waals surface area contributed by atoms with E-state index in [1.54, 1.807) is 0 Å². The van der Waals surface area contributed by atoms with E-state index >= 15 is 0 Å². The van der Waals surface area contributed by atoms with Crippen molar-refractivity contribution in [2.45, 2.75) is 17.5 Å². The lowest BCUT2D eigenvalue weighted by molar-refractivity contribution is -0.139. The maximum Gasteiger partial charge on any atom is 0.417 e. The maximum atomic E-state index is 12.9. The standard InChI is InChI=1S/C14H20F3N3O2S.2ClH/c15-14(16,17)12-4-1-2-5-13(12)23(21,22)19-6-3-9-20-10-7-18-8-11-20;;/h1-2,4-5,18-19H,3,6-11H2;2*1H. The van der Waals surface area contributed by atoms with Crippen molar-refractivity contribution in [1.82, 2.24) is 14.9 Å². The molecule has 1 aliphatic rings. The average Bonchev–Trinajstić information content (AvgIpc) is 2.52. The molecular formula is C14H22Cl2F3N3O2S. The minimum Gasteiger partial charge on any atom is -0.314 e. The minimum absolute atomic E-state index is 0. The predicted molar refractivity (Wildman–Crippen MR) is 95.1 cm³/mol. The first-order valence-electron chi connectivity index (χ1n) is 7.40. The van der Waals surface area contributed by atoms with Gasteiger partial charge in [0.15, 0.2) is 0 Å². The fraction of sp³-hybridized carbons (Fsp3) is 0.571. The first kappa shape index (κ1) is 24.4. The summed E-state index contributed by atoms with van der Waals surface area (Å²) in [6.45, 7) is 4.40. The van der Waals surface area contributed by atoms with E-state index in [-0.39, 0.29) is 31.4 Å². The molecule has 1 aliphatic heterocycles. The van der Waals surface area contributed by atoms with E-state index in [9.17, 15) is 21.6 Å². The van der Waals surface area contributed by atoms with Gasteiger partial charge in [0.1, 0.15) is 0 Å². The number of rotatable bonds is 6. The van der Waals surface area contributed by atoms with Gasteiger partial charge in [0, 0.05) is 32.7 Å². The zero-order chi connectivity index (χ0) is 16.9. The van der Waals surface area contributed by atoms with Gasteiger partial charge in [-0.25, -0.2) is 13.1 Å². The van der Waals surface area contributed by atoms with E-state index in [2.05, 4.69) is 14.9 Å². The number of nitrogens with one attached hydrogen (secondary N) is 2. The molecular weight excluding hydrogens is 402 g/mol. The van der Waals surface area contributed by atoms with Crippen molar-refractivity contribution in [1.29, 1.82) is 0 Å². The zero-order valence-electron chi connectivity index (χ0n) is 13.4. The lowest BCUT2D eigenvalue weighted by Crippen LogP contribution is -2.44. The van der Waals surface area contributed by atoms with Gasteiger partial charge in [-0.3, -0.25) is 0 Å². The molecule has 0 amide bonds. The van der Waals surface area contributed by atoms with Crippen LogP contribution in [0.5, 0.6) is 0 Å². The third-order valence-corrected chi connectivity index (χ3v) is 5.15. The van der Waals surface area contributed by atoms with E-state index in [0.29, 0.717) is 13.0 Å². The molecule has 146 valence electrons. The number of alkyl halides is 3. The Morgan fingerprint density at radius 1 is 1.12 bits per heavy atom. The monoisotopic (exact) mass is 423 g/mol. The van der Waals surface area contributed by atoms with Crippen LogP contribution in [0.15, 0.2) is 29.2 Å². The molecule has 2 rings (SSSR count). The second-order valence-corrected chi connectivity index (χ2v) is 7.07. The molecule has 0 bridgehead atoms. The number of benzene rings is 1. The molecule has 0 unspecified atom stereocenters. The molecule has 1 heterocycles. The van der Waals surface area contributed by atoms with E-state index in [4.69, 9.17) is 0 Å². The molecule has 0 atom stereocenters. The molecule has 5 nitrogen and oxygen atoms in total. The molecule has 0 saturated carbocycles. The Morgan fingerprint density at radius 2 is 1.72 bits per heavy atom. The third-order valence-electron chi connectivity index (χ3n) is 3.63. The van der Waals surface area contributed by atoms with Gasteiger partial charge >= 0.3 is 6.18 Å². The van der Waals surface area contributed by atoms with Gasteiger partial charge in [0.05, 0.1) is 10.5 Å². The second kappa shape index (κ2) is 10.5. The molecule has 11 heteroatoms. The summed E-state index contributed by atoms with van der Waals surface area (Å²) in [4.78, 5) is 1.46. The Hall–Kier alpha value is -0.580. The maximum absolute atomic E-state index is 12.9. The summed E-state index contributed by atoms with van der Waals surface area (Å²) >= 11 is 0. The lowest BCUT2D eigenvalue weighted by atomic mass is 10.2. The van der Waals surface area contributed by atoms with Crippen LogP contribution in [0, 0.1) is 0 Å². The molecule has 1 aromatic rings. The van der Waals surface area contributed by atoms with Crippen molar-refractivity contribution in [2.24, 2.45) is 0 Å². The number of piperazine rings is 1. The summed E-state index contributed by atoms with van der Waals surface area (Å²) in [6, 6.07) is 4.20. The molecule has 2 N–H and O–H groups in total. The number of hydrogen-bond acceptors (Lipinski definition) is 4. The largest absolute Gasteiger partial charge is 0.417 e. The van der Waals surface area contributed by atoms with Gasteiger partial charge < -0.3 is 10.2 Å². The second-order valence-electron chi connectivity index (χ2n) is 5.34. The summed E-state index contributed by atoms with van der Waals surface area (Å²) in [5, 5.41) is 3.21. The molecule has 1 aromatic carbocycles. The van der Waals surface area contributed by atoms with Crippen LogP contribution in [-0.4, -0.2) is 52.6 Å². The normalized spacial score (nSPS) is 16.0. The molecule has 1 fully saturated rings. The SMILES string of the molecule is Cl.Cl.O=S(=O)(NCCCN1CCNCC1)c1ccccc1C(F)(F)F. The van der Waals surface area contributed by atoms with Gasteiger partial charge in [0.25, 0.3) is 0 Å². The van der Waals surface area contributed by atoms with Crippen LogP contribution in [0.2, 0.25) is 0 Å². The summed E-state index contributed by atoms with van der Waals surface area (Å²) in [5.41, 5.74) is -1.14. The van der Waals surface area contributed by atoms with Crippen LogP contribution in [0.25, 0.3) is 0 Å². The Labute approximate surface area is 158 Å². The topological polar surface area (TPSA) is 61.4 Å². The summed E-state index contributed by atoms with van der Waals surface area (Å²) < 4.78 is 65.2. The Bertz CT molecular complexity index is 624. The zero-order valence-corrected chi connectivity index (χ0v) is 15.8. The molecule has 0 radical (unpaired) electrons. The van der Waals surface area contributed by atoms with Gasteiger partial charge in [-0.15, -0.1) is 24.8 Å². The van der Waals surface area contributed by atoms with Crippen molar-refractivity contribution in [2.75, 3.05) is 39.3 Å². The van der Waals surface area contributed by atoms with Crippen LogP contribution < -0.4 is 10.0 Å². The Morgan fingerprint density at radius 3 is 2.32 bits per heavy atom. The van der Waals surface area contributed by atoms with Crippen LogP contribution in [-0.2, 0) is 16.2 Å². The Balaban J connectivity index is 0.00000288. The highest BCUT2D eigenvalue weighted by Crippen LogP contribution is 2.33. The van der Waals surface area contributed by atoms with Crippen molar-refractivity contribution in [3.05, 3.63) is 29.8 Å². The first-order valence-corrected chi connectivity index (χ1v) is 8.88. The van der Waals surface area contributed by atoms with Crippen molar-refractivity contribution in [3.63, 3.8) is 0 Å². The van der Waals surface area contributed by atoms with Gasteiger partial charge in [-0.1, -0.05) is 12.1 Å². The van der Waals surface area contributed by atoms with Crippen LogP contribution in [0.3, 0.4) is 0 Å². The Kier molecular flexibility index (Phi) is 10.3. The van der Waals surface area contributed by atoms with Crippen LogP contribution in [0.1, 0.15) is 12.0 Å². The predicted octanol–water partition coefficient (Wildman–Crippen LogP) is 2.12. The highest BCUT2D eigenvalue weighted by atomic mass is 35.5. The third kappa shape index (κ3) is 7.28. The molecule has 0 spiro atoms. The van der Waals surface area contributed by atoms with Gasteiger partial charge in [0.2, 0.25) is 10.0 Å². The number of halogens is 5. The van der Waals surface area contributed by atoms with E-state index in [1.165, 1.54) is 12.1 Å². The fourth-order valence-corrected chi connectivity index (χ4v) is 3.76. The van der Waals surface area contributed by atoms with Crippen molar-refractivity contribution >= 4 is 34.8 Å². The number of sulfonamides is 1. The van der Waals surface area contributed by atoms with Gasteiger partial charge in [-0.05, 0) is 25.1 Å². The smallest absolute Gasteiger partial charge is 0.314 e. The summed E-state index contributed by atoms with van der Waals surface area (Å²) in [5.74, 6) is 0. The van der Waals surface area contributed by atoms with Crippen LogP contribution >= 0.6 is 24.8 Å². The minimum atomic E-state index is -4.70. The molecule has 0 aromatic heterocycles. The lowest BCUT2D eigenvalue weighted by Gasteiger charge is -2.27. The quantitative estimate of drug-likeness (QED) is 0.687. The van der Waals surface area contributed by atoms with Crippen molar-refractivity contribution in [3.8, 4) is 0 Å². The average molecular weight is 424 g/mol. The number of hydrogen-bond donors (Lipinski definition) is 2. The van der Waals surface area contributed by atoms with Gasteiger partial charge in [-0.2, -0.15) is 13.2 Å². The molecule has 0 aliphatic carbocycles. The van der Waals surface area contributed by atoms with E-state index in [0.717, 1.165) is 38.3 Å². The van der Waals surface area contributed by atoms with E-state index in [1.807, 2.05) is 0 Å². The molecule has 25 heavy (non-hydrogen) atoms. The highest BCUT2D eigenvalue weighted by Gasteiger charge is 2.36. The number of nitrogens with zero attached hydrogens (tertiary/aromatic N) is 1. The first-order chi connectivity index (χ1) is 10.8. The fourth-order valence-electron chi connectivity index (χ4n) is 2.46. The van der Waals surface area contributed by atoms with Crippen molar-refractivity contribution < 1.29 is 21.6 Å². The van der Waals surface area contributed by atoms with E-state index < -0.39 is 26.7 Å². The van der Waals surface area contributed by atoms with Crippen LogP contribution in [0.4, 0.5) is 13.2 Å². The summed E-state index contributed by atoms with van der Waals surface area (Å²) in [7, 11) is -4.18. The highest BCUT2D eigenvalue weighted by molar-refractivity contribution is 7.89.